The van der Waals surface area contributed by atoms with Gasteiger partial charge in [-0.05, 0) is 20.8 Å². The summed E-state index contributed by atoms with van der Waals surface area (Å²) in [7, 11) is 0. The lowest BCUT2D eigenvalue weighted by Crippen LogP contribution is -2.27. The molecule has 0 aliphatic carbocycles. The molecule has 0 bridgehead atoms. The SMILES string of the molecule is CCOC(C)OC(C)OC(N)=O. The van der Waals surface area contributed by atoms with Gasteiger partial charge in [0.25, 0.3) is 0 Å². The van der Waals surface area contributed by atoms with Crippen LogP contribution in [0.25, 0.3) is 0 Å². The first-order valence-electron chi connectivity index (χ1n) is 3.79. The predicted molar refractivity (Wildman–Crippen MR) is 42.3 cm³/mol. The van der Waals surface area contributed by atoms with Gasteiger partial charge in [-0.25, -0.2) is 4.79 Å². The van der Waals surface area contributed by atoms with E-state index in [1.807, 2.05) is 6.92 Å². The lowest BCUT2D eigenvalue weighted by atomic mass is 10.7. The summed E-state index contributed by atoms with van der Waals surface area (Å²) < 4.78 is 14.6. The third-order valence-corrected chi connectivity index (χ3v) is 1.07. The molecule has 0 aliphatic heterocycles. The number of nitrogens with two attached hydrogens (primary N) is 1. The highest BCUT2D eigenvalue weighted by Gasteiger charge is 2.10. The van der Waals surface area contributed by atoms with Crippen LogP contribution in [0.3, 0.4) is 0 Å². The molecular weight excluding hydrogens is 162 g/mol. The molecule has 0 heterocycles. The molecular formula is C7H15NO4. The molecule has 5 heteroatoms. The smallest absolute Gasteiger partial charge is 0.406 e. The third-order valence-electron chi connectivity index (χ3n) is 1.07. The van der Waals surface area contributed by atoms with Crippen molar-refractivity contribution in [2.24, 2.45) is 5.73 Å². The van der Waals surface area contributed by atoms with Crippen molar-refractivity contribution in [3.05, 3.63) is 0 Å². The minimum absolute atomic E-state index is 0.399. The number of carbonyl (C=O) groups excluding carboxylic acids is 1. The maximum absolute atomic E-state index is 10.2. The molecule has 0 aliphatic rings. The number of amides is 1. The molecule has 0 aromatic rings. The van der Waals surface area contributed by atoms with Crippen LogP contribution >= 0.6 is 0 Å². The van der Waals surface area contributed by atoms with E-state index in [9.17, 15) is 4.79 Å². The Morgan fingerprint density at radius 2 is 2.00 bits per heavy atom. The van der Waals surface area contributed by atoms with Gasteiger partial charge in [0.2, 0.25) is 6.29 Å². The van der Waals surface area contributed by atoms with Crippen molar-refractivity contribution in [2.75, 3.05) is 6.61 Å². The monoisotopic (exact) mass is 177 g/mol. The number of primary amides is 1. The molecule has 0 radical (unpaired) electrons. The summed E-state index contributed by atoms with van der Waals surface area (Å²) in [4.78, 5) is 10.2. The Balaban J connectivity index is 3.53. The first-order chi connectivity index (χ1) is 5.56. The van der Waals surface area contributed by atoms with Gasteiger partial charge in [0.15, 0.2) is 6.29 Å². The normalized spacial score (nSPS) is 15.2. The average Bonchev–Trinajstić information content (AvgIpc) is 1.84. The van der Waals surface area contributed by atoms with Gasteiger partial charge in [0.1, 0.15) is 0 Å². The van der Waals surface area contributed by atoms with E-state index < -0.39 is 18.7 Å². The topological polar surface area (TPSA) is 70.8 Å². The van der Waals surface area contributed by atoms with Crippen LogP contribution in [0.4, 0.5) is 4.79 Å². The van der Waals surface area contributed by atoms with Crippen molar-refractivity contribution in [1.29, 1.82) is 0 Å². The van der Waals surface area contributed by atoms with Crippen molar-refractivity contribution in [1.82, 2.24) is 0 Å². The molecule has 0 fully saturated rings. The van der Waals surface area contributed by atoms with Crippen molar-refractivity contribution >= 4 is 6.09 Å². The van der Waals surface area contributed by atoms with Crippen LogP contribution in [0.2, 0.25) is 0 Å². The molecule has 0 spiro atoms. The summed E-state index contributed by atoms with van der Waals surface area (Å²) in [5.41, 5.74) is 4.76. The van der Waals surface area contributed by atoms with Gasteiger partial charge in [0.05, 0.1) is 0 Å². The zero-order valence-electron chi connectivity index (χ0n) is 7.57. The van der Waals surface area contributed by atoms with Crippen LogP contribution in [0.15, 0.2) is 0 Å². The molecule has 72 valence electrons. The summed E-state index contributed by atoms with van der Waals surface area (Å²) in [6, 6.07) is 0. The van der Waals surface area contributed by atoms with Gasteiger partial charge in [-0.1, -0.05) is 0 Å². The van der Waals surface area contributed by atoms with Gasteiger partial charge in [-0.3, -0.25) is 0 Å². The van der Waals surface area contributed by atoms with Crippen molar-refractivity contribution in [3.8, 4) is 0 Å². The van der Waals surface area contributed by atoms with Crippen LogP contribution in [-0.4, -0.2) is 25.3 Å². The van der Waals surface area contributed by atoms with Crippen LogP contribution in [0.5, 0.6) is 0 Å². The van der Waals surface area contributed by atoms with Crippen LogP contribution in [0, 0.1) is 0 Å². The molecule has 1 amide bonds. The van der Waals surface area contributed by atoms with Gasteiger partial charge in [-0.15, -0.1) is 0 Å². The summed E-state index contributed by atoms with van der Waals surface area (Å²) in [6.45, 7) is 5.68. The van der Waals surface area contributed by atoms with Gasteiger partial charge >= 0.3 is 6.09 Å². The van der Waals surface area contributed by atoms with E-state index in [1.165, 1.54) is 0 Å². The number of ether oxygens (including phenoxy) is 3. The maximum Gasteiger partial charge on any atom is 0.406 e. The van der Waals surface area contributed by atoms with Crippen molar-refractivity contribution in [2.45, 2.75) is 33.4 Å². The Morgan fingerprint density at radius 1 is 1.42 bits per heavy atom. The molecule has 2 unspecified atom stereocenters. The number of hydrogen-bond acceptors (Lipinski definition) is 4. The summed E-state index contributed by atoms with van der Waals surface area (Å²) in [5.74, 6) is 0. The lowest BCUT2D eigenvalue weighted by Gasteiger charge is -2.17. The first-order valence-corrected chi connectivity index (χ1v) is 3.79. The first kappa shape index (κ1) is 11.2. The standard InChI is InChI=1S/C7H15NO4/c1-4-10-5(2)11-6(3)12-7(8)9/h5-6H,4H2,1-3H3,(H2,8,9). The fourth-order valence-corrected chi connectivity index (χ4v) is 0.735. The summed E-state index contributed by atoms with van der Waals surface area (Å²) >= 11 is 0. The van der Waals surface area contributed by atoms with E-state index in [-0.39, 0.29) is 0 Å². The molecule has 0 aromatic heterocycles. The Morgan fingerprint density at radius 3 is 2.42 bits per heavy atom. The molecule has 5 nitrogen and oxygen atoms in total. The fraction of sp³-hybridized carbons (Fsp3) is 0.857. The zero-order valence-corrected chi connectivity index (χ0v) is 7.57. The molecule has 0 saturated heterocycles. The molecule has 2 atom stereocenters. The Labute approximate surface area is 71.8 Å². The van der Waals surface area contributed by atoms with Crippen molar-refractivity contribution in [3.63, 3.8) is 0 Å². The third kappa shape index (κ3) is 5.94. The highest BCUT2D eigenvalue weighted by Crippen LogP contribution is 2.00. The number of rotatable bonds is 5. The van der Waals surface area contributed by atoms with Crippen LogP contribution in [-0.2, 0) is 14.2 Å². The molecule has 0 aromatic carbocycles. The van der Waals surface area contributed by atoms with Crippen LogP contribution in [0.1, 0.15) is 20.8 Å². The fourth-order valence-electron chi connectivity index (χ4n) is 0.735. The van der Waals surface area contributed by atoms with Gasteiger partial charge in [-0.2, -0.15) is 0 Å². The van der Waals surface area contributed by atoms with E-state index in [0.29, 0.717) is 6.61 Å². The van der Waals surface area contributed by atoms with Gasteiger partial charge < -0.3 is 19.9 Å². The second-order valence-corrected chi connectivity index (χ2v) is 2.16. The summed E-state index contributed by atoms with van der Waals surface area (Å²) in [6.07, 6.45) is -1.93. The second-order valence-electron chi connectivity index (χ2n) is 2.16. The molecule has 0 rings (SSSR count). The minimum Gasteiger partial charge on any atom is -0.420 e. The minimum atomic E-state index is -0.855. The molecule has 0 saturated carbocycles. The Hall–Kier alpha value is -0.810. The number of hydrogen-bond donors (Lipinski definition) is 1. The second kappa shape index (κ2) is 5.79. The highest BCUT2D eigenvalue weighted by molar-refractivity contribution is 5.64. The maximum atomic E-state index is 10.2. The predicted octanol–water partition coefficient (Wildman–Crippen LogP) is 0.827. The van der Waals surface area contributed by atoms with Gasteiger partial charge in [0, 0.05) is 6.61 Å². The number of carbonyl (C=O) groups is 1. The quantitative estimate of drug-likeness (QED) is 0.631. The zero-order chi connectivity index (χ0) is 9.56. The van der Waals surface area contributed by atoms with E-state index in [4.69, 9.17) is 15.2 Å². The van der Waals surface area contributed by atoms with E-state index >= 15 is 0 Å². The Bertz CT molecular complexity index is 139. The van der Waals surface area contributed by atoms with Crippen molar-refractivity contribution < 1.29 is 19.0 Å². The molecule has 2 N–H and O–H groups in total. The van der Waals surface area contributed by atoms with E-state index in [2.05, 4.69) is 4.74 Å². The van der Waals surface area contributed by atoms with Crippen LogP contribution < -0.4 is 5.73 Å². The average molecular weight is 177 g/mol. The summed E-state index contributed by atoms with van der Waals surface area (Å²) in [5, 5.41) is 0. The lowest BCUT2D eigenvalue weighted by molar-refractivity contribution is -0.210. The highest BCUT2D eigenvalue weighted by atomic mass is 16.8. The Kier molecular flexibility index (Phi) is 5.40. The van der Waals surface area contributed by atoms with E-state index in [1.54, 1.807) is 13.8 Å². The largest absolute Gasteiger partial charge is 0.420 e. The van der Waals surface area contributed by atoms with E-state index in [0.717, 1.165) is 0 Å². The molecule has 12 heavy (non-hydrogen) atoms.